The molecule has 1 atom stereocenters. The Kier molecular flexibility index (Phi) is 4.55. The first-order valence-electron chi connectivity index (χ1n) is 6.75. The molecule has 0 saturated heterocycles. The molecule has 0 amide bonds. The Labute approximate surface area is 123 Å². The van der Waals surface area contributed by atoms with Crippen LogP contribution in [-0.2, 0) is 6.42 Å². The number of aliphatic hydroxyl groups excluding tert-OH is 1. The molecule has 5 nitrogen and oxygen atoms in total. The molecule has 0 aliphatic heterocycles. The van der Waals surface area contributed by atoms with Crippen LogP contribution in [0.2, 0.25) is 0 Å². The molecular formula is C16H17NO4. The molecule has 0 bridgehead atoms. The van der Waals surface area contributed by atoms with Gasteiger partial charge in [-0.2, -0.15) is 0 Å². The van der Waals surface area contributed by atoms with Gasteiger partial charge in [0.2, 0.25) is 5.75 Å². The second-order valence-electron chi connectivity index (χ2n) is 4.73. The van der Waals surface area contributed by atoms with Crippen LogP contribution in [0.5, 0.6) is 11.5 Å². The Morgan fingerprint density at radius 2 is 1.95 bits per heavy atom. The minimum atomic E-state index is -0.713. The van der Waals surface area contributed by atoms with E-state index in [-0.39, 0.29) is 11.4 Å². The summed E-state index contributed by atoms with van der Waals surface area (Å²) in [6.07, 6.45) is 0.000867. The maximum atomic E-state index is 11.2. The number of rotatable bonds is 5. The van der Waals surface area contributed by atoms with E-state index in [0.29, 0.717) is 17.7 Å². The van der Waals surface area contributed by atoms with Crippen molar-refractivity contribution in [3.05, 3.63) is 63.7 Å². The van der Waals surface area contributed by atoms with E-state index in [1.54, 1.807) is 43.3 Å². The topological polar surface area (TPSA) is 72.6 Å². The van der Waals surface area contributed by atoms with Crippen molar-refractivity contribution in [2.45, 2.75) is 26.4 Å². The lowest BCUT2D eigenvalue weighted by Crippen LogP contribution is -1.99. The number of nitrogens with zero attached hydrogens (tertiary/aromatic N) is 1. The molecule has 2 rings (SSSR count). The number of nitro groups is 1. The highest BCUT2D eigenvalue weighted by Gasteiger charge is 2.18. The molecule has 0 saturated carbocycles. The number of ether oxygens (including phenoxy) is 1. The Bertz CT molecular complexity index is 652. The summed E-state index contributed by atoms with van der Waals surface area (Å²) < 4.78 is 5.66. The standard InChI is InChI=1S/C16H17NO4/c1-3-12-8-9-16(14(10-12)17(19)20)21-15-7-5-4-6-13(15)11(2)18/h4-11,18H,3H2,1-2H3. The predicted octanol–water partition coefficient (Wildman–Crippen LogP) is 4.00. The number of nitro benzene ring substituents is 1. The van der Waals surface area contributed by atoms with E-state index < -0.39 is 11.0 Å². The third-order valence-corrected chi connectivity index (χ3v) is 3.22. The van der Waals surface area contributed by atoms with Crippen molar-refractivity contribution < 1.29 is 14.8 Å². The molecule has 0 aliphatic carbocycles. The normalized spacial score (nSPS) is 12.0. The summed E-state index contributed by atoms with van der Waals surface area (Å²) in [5.74, 6) is 0.588. The fourth-order valence-corrected chi connectivity index (χ4v) is 2.05. The minimum Gasteiger partial charge on any atom is -0.450 e. The number of aryl methyl sites for hydroxylation is 1. The van der Waals surface area contributed by atoms with E-state index in [1.807, 2.05) is 6.92 Å². The lowest BCUT2D eigenvalue weighted by Gasteiger charge is -2.13. The van der Waals surface area contributed by atoms with E-state index in [0.717, 1.165) is 5.56 Å². The smallest absolute Gasteiger partial charge is 0.311 e. The molecular weight excluding hydrogens is 270 g/mol. The van der Waals surface area contributed by atoms with Gasteiger partial charge in [0, 0.05) is 11.6 Å². The van der Waals surface area contributed by atoms with Gasteiger partial charge < -0.3 is 9.84 Å². The van der Waals surface area contributed by atoms with E-state index in [2.05, 4.69) is 0 Å². The van der Waals surface area contributed by atoms with Gasteiger partial charge in [-0.05, 0) is 31.0 Å². The van der Waals surface area contributed by atoms with Gasteiger partial charge in [0.25, 0.3) is 0 Å². The highest BCUT2D eigenvalue weighted by Crippen LogP contribution is 2.35. The van der Waals surface area contributed by atoms with Crippen LogP contribution >= 0.6 is 0 Å². The maximum absolute atomic E-state index is 11.2. The molecule has 0 aliphatic rings. The molecule has 2 aromatic carbocycles. The molecule has 0 spiro atoms. The summed E-state index contributed by atoms with van der Waals surface area (Å²) >= 11 is 0. The van der Waals surface area contributed by atoms with Crippen molar-refractivity contribution in [1.82, 2.24) is 0 Å². The Morgan fingerprint density at radius 1 is 1.24 bits per heavy atom. The highest BCUT2D eigenvalue weighted by atomic mass is 16.6. The average molecular weight is 287 g/mol. The van der Waals surface area contributed by atoms with Crippen LogP contribution in [0.15, 0.2) is 42.5 Å². The van der Waals surface area contributed by atoms with Crippen molar-refractivity contribution in [3.8, 4) is 11.5 Å². The quantitative estimate of drug-likeness (QED) is 0.666. The van der Waals surface area contributed by atoms with E-state index in [9.17, 15) is 15.2 Å². The minimum absolute atomic E-state index is 0.0743. The zero-order valence-electron chi connectivity index (χ0n) is 11.9. The summed E-state index contributed by atoms with van der Waals surface area (Å²) in [7, 11) is 0. The SMILES string of the molecule is CCc1ccc(Oc2ccccc2C(C)O)c([N+](=O)[O-])c1. The Hall–Kier alpha value is -2.40. The van der Waals surface area contributed by atoms with Crippen LogP contribution in [0.4, 0.5) is 5.69 Å². The van der Waals surface area contributed by atoms with Crippen LogP contribution in [0.3, 0.4) is 0 Å². The van der Waals surface area contributed by atoms with Gasteiger partial charge in [0.15, 0.2) is 0 Å². The van der Waals surface area contributed by atoms with Gasteiger partial charge >= 0.3 is 5.69 Å². The Morgan fingerprint density at radius 3 is 2.57 bits per heavy atom. The van der Waals surface area contributed by atoms with Gasteiger partial charge in [0.05, 0.1) is 11.0 Å². The average Bonchev–Trinajstić information content (AvgIpc) is 2.47. The van der Waals surface area contributed by atoms with Crippen molar-refractivity contribution in [1.29, 1.82) is 0 Å². The number of hydrogen-bond acceptors (Lipinski definition) is 4. The van der Waals surface area contributed by atoms with Crippen molar-refractivity contribution in [2.75, 3.05) is 0 Å². The molecule has 21 heavy (non-hydrogen) atoms. The van der Waals surface area contributed by atoms with Crippen LogP contribution in [0.1, 0.15) is 31.1 Å². The van der Waals surface area contributed by atoms with Gasteiger partial charge in [0.1, 0.15) is 5.75 Å². The first-order chi connectivity index (χ1) is 10.0. The van der Waals surface area contributed by atoms with E-state index in [4.69, 9.17) is 4.74 Å². The number of para-hydroxylation sites is 1. The second-order valence-corrected chi connectivity index (χ2v) is 4.73. The molecule has 0 fully saturated rings. The molecule has 110 valence electrons. The molecule has 1 unspecified atom stereocenters. The first kappa shape index (κ1) is 15.0. The van der Waals surface area contributed by atoms with Crippen molar-refractivity contribution >= 4 is 5.69 Å². The molecule has 0 aromatic heterocycles. The second kappa shape index (κ2) is 6.37. The van der Waals surface area contributed by atoms with Crippen LogP contribution in [-0.4, -0.2) is 10.0 Å². The van der Waals surface area contributed by atoms with Gasteiger partial charge in [-0.25, -0.2) is 0 Å². The van der Waals surface area contributed by atoms with Crippen molar-refractivity contribution in [2.24, 2.45) is 0 Å². The molecule has 2 aromatic rings. The Balaban J connectivity index is 2.42. The van der Waals surface area contributed by atoms with Crippen LogP contribution in [0.25, 0.3) is 0 Å². The lowest BCUT2D eigenvalue weighted by atomic mass is 10.1. The number of hydrogen-bond donors (Lipinski definition) is 1. The van der Waals surface area contributed by atoms with Crippen LogP contribution < -0.4 is 4.74 Å². The third kappa shape index (κ3) is 3.38. The molecule has 5 heteroatoms. The van der Waals surface area contributed by atoms with Gasteiger partial charge in [-0.3, -0.25) is 10.1 Å². The zero-order chi connectivity index (χ0) is 15.4. The van der Waals surface area contributed by atoms with Crippen molar-refractivity contribution in [3.63, 3.8) is 0 Å². The maximum Gasteiger partial charge on any atom is 0.311 e. The number of benzene rings is 2. The monoisotopic (exact) mass is 287 g/mol. The summed E-state index contributed by atoms with van der Waals surface area (Å²) in [6.45, 7) is 3.55. The van der Waals surface area contributed by atoms with Gasteiger partial charge in [-0.1, -0.05) is 31.2 Å². The summed E-state index contributed by atoms with van der Waals surface area (Å²) in [4.78, 5) is 10.7. The molecule has 0 radical (unpaired) electrons. The largest absolute Gasteiger partial charge is 0.450 e. The fraction of sp³-hybridized carbons (Fsp3) is 0.250. The molecule has 0 heterocycles. The highest BCUT2D eigenvalue weighted by molar-refractivity contribution is 5.51. The fourth-order valence-electron chi connectivity index (χ4n) is 2.05. The summed E-state index contributed by atoms with van der Waals surface area (Å²) in [5.41, 5.74) is 1.39. The van der Waals surface area contributed by atoms with E-state index >= 15 is 0 Å². The zero-order valence-corrected chi connectivity index (χ0v) is 11.9. The third-order valence-electron chi connectivity index (χ3n) is 3.22. The van der Waals surface area contributed by atoms with Gasteiger partial charge in [-0.15, -0.1) is 0 Å². The van der Waals surface area contributed by atoms with E-state index in [1.165, 1.54) is 6.07 Å². The summed E-state index contributed by atoms with van der Waals surface area (Å²) in [5, 5.41) is 20.9. The molecule has 1 N–H and O–H groups in total. The summed E-state index contributed by atoms with van der Waals surface area (Å²) in [6, 6.07) is 11.9. The first-order valence-corrected chi connectivity index (χ1v) is 6.75. The predicted molar refractivity (Wildman–Crippen MR) is 79.6 cm³/mol. The number of aliphatic hydroxyl groups is 1. The lowest BCUT2D eigenvalue weighted by molar-refractivity contribution is -0.385. The van der Waals surface area contributed by atoms with Crippen LogP contribution in [0, 0.1) is 10.1 Å².